The van der Waals surface area contributed by atoms with E-state index in [1.54, 1.807) is 6.07 Å². The van der Waals surface area contributed by atoms with Gasteiger partial charge in [0.1, 0.15) is 5.82 Å². The lowest BCUT2D eigenvalue weighted by molar-refractivity contribution is 0.325. The highest BCUT2D eigenvalue weighted by atomic mass is 79.9. The van der Waals surface area contributed by atoms with Gasteiger partial charge >= 0.3 is 0 Å². The molecule has 0 amide bonds. The second kappa shape index (κ2) is 5.28. The lowest BCUT2D eigenvalue weighted by atomic mass is 9.81. The molecule has 1 aromatic rings. The van der Waals surface area contributed by atoms with E-state index in [1.807, 2.05) is 12.1 Å². The minimum Gasteiger partial charge on any atom is -0.317 e. The normalized spacial score (nSPS) is 19.7. The molecule has 1 atom stereocenters. The van der Waals surface area contributed by atoms with Crippen LogP contribution < -0.4 is 5.32 Å². The van der Waals surface area contributed by atoms with Crippen LogP contribution in [0.5, 0.6) is 0 Å². The Labute approximate surface area is 105 Å². The van der Waals surface area contributed by atoms with Crippen LogP contribution in [-0.4, -0.2) is 13.1 Å². The third kappa shape index (κ3) is 2.46. The van der Waals surface area contributed by atoms with Crippen molar-refractivity contribution in [2.75, 3.05) is 13.1 Å². The van der Waals surface area contributed by atoms with E-state index in [4.69, 9.17) is 0 Å². The van der Waals surface area contributed by atoms with Crippen LogP contribution in [0.2, 0.25) is 0 Å². The van der Waals surface area contributed by atoms with Gasteiger partial charge in [-0.2, -0.15) is 0 Å². The molecule has 0 radical (unpaired) electrons. The molecule has 1 unspecified atom stereocenters. The Morgan fingerprint density at radius 2 is 2.06 bits per heavy atom. The molecular formula is C13H17BrFN. The van der Waals surface area contributed by atoms with Crippen molar-refractivity contribution in [2.24, 2.45) is 5.92 Å². The van der Waals surface area contributed by atoms with Gasteiger partial charge in [-0.3, -0.25) is 0 Å². The topological polar surface area (TPSA) is 12.0 Å². The van der Waals surface area contributed by atoms with Crippen molar-refractivity contribution in [3.05, 3.63) is 34.1 Å². The summed E-state index contributed by atoms with van der Waals surface area (Å²) in [6.45, 7) is 4.26. The summed E-state index contributed by atoms with van der Waals surface area (Å²) in [6, 6.07) is 5.58. The summed E-state index contributed by atoms with van der Waals surface area (Å²) in [4.78, 5) is 0. The zero-order valence-corrected chi connectivity index (χ0v) is 11.1. The van der Waals surface area contributed by atoms with E-state index in [0.717, 1.165) is 31.5 Å². The van der Waals surface area contributed by atoms with Gasteiger partial charge in [0, 0.05) is 0 Å². The third-order valence-electron chi connectivity index (χ3n) is 3.56. The Balaban J connectivity index is 2.19. The maximum absolute atomic E-state index is 13.9. The molecule has 2 rings (SSSR count). The Bertz CT molecular complexity index is 361. The van der Waals surface area contributed by atoms with Crippen LogP contribution in [0.15, 0.2) is 22.7 Å². The summed E-state index contributed by atoms with van der Waals surface area (Å²) in [5.41, 5.74) is 0.848. The van der Waals surface area contributed by atoms with Gasteiger partial charge in [-0.1, -0.05) is 19.1 Å². The molecule has 0 spiro atoms. The minimum atomic E-state index is -0.0893. The molecule has 0 aromatic heterocycles. The van der Waals surface area contributed by atoms with Gasteiger partial charge in [0.15, 0.2) is 0 Å². The molecule has 88 valence electrons. The predicted molar refractivity (Wildman–Crippen MR) is 68.1 cm³/mol. The number of hydrogen-bond acceptors (Lipinski definition) is 1. The Hall–Kier alpha value is -0.410. The fourth-order valence-corrected chi connectivity index (χ4v) is 2.85. The Morgan fingerprint density at radius 3 is 2.75 bits per heavy atom. The summed E-state index contributed by atoms with van der Waals surface area (Å²) in [7, 11) is 0. The van der Waals surface area contributed by atoms with Crippen LogP contribution in [0.1, 0.15) is 31.2 Å². The van der Waals surface area contributed by atoms with Crippen LogP contribution in [0.4, 0.5) is 4.39 Å². The van der Waals surface area contributed by atoms with Crippen molar-refractivity contribution < 1.29 is 4.39 Å². The summed E-state index contributed by atoms with van der Waals surface area (Å²) >= 11 is 3.25. The Morgan fingerprint density at radius 1 is 1.38 bits per heavy atom. The predicted octanol–water partition coefficient (Wildman–Crippen LogP) is 3.69. The molecule has 3 heteroatoms. The Kier molecular flexibility index (Phi) is 3.98. The number of nitrogens with one attached hydrogen (secondary N) is 1. The highest BCUT2D eigenvalue weighted by molar-refractivity contribution is 9.10. The second-order valence-corrected chi connectivity index (χ2v) is 5.37. The zero-order valence-electron chi connectivity index (χ0n) is 9.47. The maximum Gasteiger partial charge on any atom is 0.140 e. The van der Waals surface area contributed by atoms with Gasteiger partial charge in [-0.15, -0.1) is 0 Å². The third-order valence-corrected chi connectivity index (χ3v) is 4.18. The van der Waals surface area contributed by atoms with E-state index >= 15 is 0 Å². The first kappa shape index (κ1) is 12.1. The molecule has 16 heavy (non-hydrogen) atoms. The summed E-state index contributed by atoms with van der Waals surface area (Å²) in [5.74, 6) is 0.818. The molecule has 1 fully saturated rings. The molecule has 1 aromatic carbocycles. The van der Waals surface area contributed by atoms with E-state index in [0.29, 0.717) is 16.3 Å². The number of benzene rings is 1. The highest BCUT2D eigenvalue weighted by Crippen LogP contribution is 2.33. The number of halogens is 2. The molecule has 1 saturated heterocycles. The van der Waals surface area contributed by atoms with Crippen molar-refractivity contribution in [2.45, 2.75) is 25.7 Å². The van der Waals surface area contributed by atoms with Crippen LogP contribution in [0.25, 0.3) is 0 Å². The average Bonchev–Trinajstić information content (AvgIpc) is 2.33. The van der Waals surface area contributed by atoms with E-state index in [9.17, 15) is 4.39 Å². The standard InChI is InChI=1S/C13H17BrFN/c1-9(10-5-7-16-8-6-10)11-3-2-4-12(14)13(11)15/h2-4,9-10,16H,5-8H2,1H3. The van der Waals surface area contributed by atoms with Crippen LogP contribution in [0, 0.1) is 11.7 Å². The van der Waals surface area contributed by atoms with Gasteiger partial charge in [-0.25, -0.2) is 4.39 Å². The smallest absolute Gasteiger partial charge is 0.140 e. The summed E-state index contributed by atoms with van der Waals surface area (Å²) in [6.07, 6.45) is 2.29. The average molecular weight is 286 g/mol. The highest BCUT2D eigenvalue weighted by Gasteiger charge is 2.23. The van der Waals surface area contributed by atoms with Gasteiger partial charge in [-0.05, 0) is 65.3 Å². The summed E-state index contributed by atoms with van der Waals surface area (Å²) in [5, 5.41) is 3.34. The van der Waals surface area contributed by atoms with Crippen LogP contribution in [0.3, 0.4) is 0 Å². The van der Waals surface area contributed by atoms with Crippen LogP contribution in [-0.2, 0) is 0 Å². The molecule has 1 heterocycles. The number of hydrogen-bond donors (Lipinski definition) is 1. The molecule has 1 nitrogen and oxygen atoms in total. The molecule has 0 aliphatic carbocycles. The van der Waals surface area contributed by atoms with E-state index in [2.05, 4.69) is 28.2 Å². The van der Waals surface area contributed by atoms with Crippen molar-refractivity contribution >= 4 is 15.9 Å². The molecule has 0 bridgehead atoms. The minimum absolute atomic E-state index is 0.0893. The van der Waals surface area contributed by atoms with Crippen LogP contribution >= 0.6 is 15.9 Å². The fourth-order valence-electron chi connectivity index (χ4n) is 2.47. The first-order chi connectivity index (χ1) is 7.70. The van der Waals surface area contributed by atoms with Crippen molar-refractivity contribution in [1.82, 2.24) is 5.32 Å². The van der Waals surface area contributed by atoms with E-state index < -0.39 is 0 Å². The maximum atomic E-state index is 13.9. The first-order valence-corrected chi connectivity index (χ1v) is 6.64. The second-order valence-electron chi connectivity index (χ2n) is 4.52. The van der Waals surface area contributed by atoms with Crippen molar-refractivity contribution in [1.29, 1.82) is 0 Å². The molecular weight excluding hydrogens is 269 g/mol. The SMILES string of the molecule is CC(c1cccc(Br)c1F)C1CCNCC1. The van der Waals surface area contributed by atoms with Gasteiger partial charge < -0.3 is 5.32 Å². The number of rotatable bonds is 2. The lowest BCUT2D eigenvalue weighted by Crippen LogP contribution is -2.30. The van der Waals surface area contributed by atoms with Gasteiger partial charge in [0.25, 0.3) is 0 Å². The molecule has 1 aliphatic heterocycles. The van der Waals surface area contributed by atoms with Gasteiger partial charge in [0.05, 0.1) is 4.47 Å². The summed E-state index contributed by atoms with van der Waals surface area (Å²) < 4.78 is 14.5. The van der Waals surface area contributed by atoms with Gasteiger partial charge in [0.2, 0.25) is 0 Å². The molecule has 0 saturated carbocycles. The van der Waals surface area contributed by atoms with E-state index in [1.165, 1.54) is 0 Å². The van der Waals surface area contributed by atoms with Crippen molar-refractivity contribution in [3.8, 4) is 0 Å². The molecule has 1 N–H and O–H groups in total. The lowest BCUT2D eigenvalue weighted by Gasteiger charge is -2.28. The monoisotopic (exact) mass is 285 g/mol. The number of piperidine rings is 1. The van der Waals surface area contributed by atoms with Crippen molar-refractivity contribution in [3.63, 3.8) is 0 Å². The van der Waals surface area contributed by atoms with E-state index in [-0.39, 0.29) is 5.82 Å². The zero-order chi connectivity index (χ0) is 11.5. The first-order valence-electron chi connectivity index (χ1n) is 5.84. The fraction of sp³-hybridized carbons (Fsp3) is 0.538. The molecule has 1 aliphatic rings. The largest absolute Gasteiger partial charge is 0.317 e. The quantitative estimate of drug-likeness (QED) is 0.874.